The number of hydrogen-bond acceptors (Lipinski definition) is 5. The van der Waals surface area contributed by atoms with Crippen LogP contribution in [0.1, 0.15) is 69.3 Å². The van der Waals surface area contributed by atoms with Gasteiger partial charge in [0.25, 0.3) is 5.91 Å². The molecule has 176 valence electrons. The van der Waals surface area contributed by atoms with Gasteiger partial charge in [-0.2, -0.15) is 0 Å². The first-order valence-electron chi connectivity index (χ1n) is 11.3. The molecule has 0 aromatic heterocycles. The van der Waals surface area contributed by atoms with Crippen molar-refractivity contribution in [3.8, 4) is 0 Å². The maximum atomic E-state index is 13.5. The van der Waals surface area contributed by atoms with Gasteiger partial charge in [-0.05, 0) is 37.3 Å². The van der Waals surface area contributed by atoms with Crippen LogP contribution in [0, 0.1) is 11.8 Å². The lowest BCUT2D eigenvalue weighted by Gasteiger charge is -2.32. The second-order valence-electron chi connectivity index (χ2n) is 9.69. The lowest BCUT2D eigenvalue weighted by atomic mass is 9.96. The zero-order valence-electron chi connectivity index (χ0n) is 19.7. The molecular weight excluding hydrogens is 426 g/mol. The quantitative estimate of drug-likeness (QED) is 0.553. The highest BCUT2D eigenvalue weighted by molar-refractivity contribution is 8.01. The Morgan fingerprint density at radius 2 is 1.84 bits per heavy atom. The van der Waals surface area contributed by atoms with Crippen molar-refractivity contribution in [3.63, 3.8) is 0 Å². The molecule has 0 spiro atoms. The summed E-state index contributed by atoms with van der Waals surface area (Å²) in [6, 6.07) is 5.64. The third-order valence-electron chi connectivity index (χ3n) is 6.65. The van der Waals surface area contributed by atoms with E-state index < -0.39 is 16.8 Å². The van der Waals surface area contributed by atoms with E-state index in [9.17, 15) is 19.5 Å². The number of carbonyl (C=O) groups is 3. The number of hydrogen-bond donors (Lipinski definition) is 3. The van der Waals surface area contributed by atoms with E-state index in [2.05, 4.69) is 10.6 Å². The fraction of sp³-hybridized carbons (Fsp3) is 0.625. The Kier molecular flexibility index (Phi) is 7.25. The largest absolute Gasteiger partial charge is 0.394 e. The summed E-state index contributed by atoms with van der Waals surface area (Å²) in [4.78, 5) is 41.4. The monoisotopic (exact) mass is 461 g/mol. The fourth-order valence-corrected chi connectivity index (χ4v) is 6.09. The molecule has 3 rings (SSSR count). The second kappa shape index (κ2) is 9.43. The van der Waals surface area contributed by atoms with Gasteiger partial charge < -0.3 is 20.6 Å². The van der Waals surface area contributed by atoms with E-state index >= 15 is 0 Å². The van der Waals surface area contributed by atoms with Gasteiger partial charge in [-0.15, -0.1) is 11.8 Å². The van der Waals surface area contributed by atoms with Crippen LogP contribution in [0.15, 0.2) is 24.3 Å². The number of aliphatic hydroxyl groups excluding tert-OH is 1. The Bertz CT molecular complexity index is 888. The molecule has 8 heteroatoms. The Morgan fingerprint density at radius 1 is 1.19 bits per heavy atom. The molecule has 2 aliphatic rings. The molecule has 0 unspecified atom stereocenters. The summed E-state index contributed by atoms with van der Waals surface area (Å²) in [5, 5.41) is 15.3. The summed E-state index contributed by atoms with van der Waals surface area (Å²) in [7, 11) is 0. The van der Waals surface area contributed by atoms with E-state index in [1.807, 2.05) is 59.7 Å². The molecule has 0 aliphatic carbocycles. The van der Waals surface area contributed by atoms with Gasteiger partial charge in [0, 0.05) is 10.3 Å². The topological polar surface area (TPSA) is 98.7 Å². The van der Waals surface area contributed by atoms with Crippen LogP contribution < -0.4 is 10.6 Å². The molecule has 3 N–H and O–H groups in total. The highest BCUT2D eigenvalue weighted by Gasteiger charge is 2.57. The van der Waals surface area contributed by atoms with E-state index in [4.69, 9.17) is 0 Å². The summed E-state index contributed by atoms with van der Waals surface area (Å²) < 4.78 is -0.514. The Balaban J connectivity index is 1.81. The Morgan fingerprint density at radius 3 is 2.44 bits per heavy atom. The average Bonchev–Trinajstić information content (AvgIpc) is 3.18. The van der Waals surface area contributed by atoms with E-state index in [-0.39, 0.29) is 47.6 Å². The molecule has 1 aromatic rings. The number of fused-ring (bicyclic) bond motifs is 3. The van der Waals surface area contributed by atoms with Crippen molar-refractivity contribution in [1.82, 2.24) is 15.5 Å². The van der Waals surface area contributed by atoms with Gasteiger partial charge in [-0.25, -0.2) is 0 Å². The predicted molar refractivity (Wildman–Crippen MR) is 126 cm³/mol. The first-order chi connectivity index (χ1) is 15.0. The molecule has 0 radical (unpaired) electrons. The van der Waals surface area contributed by atoms with Crippen LogP contribution in [0.2, 0.25) is 0 Å². The molecule has 3 amide bonds. The predicted octanol–water partition coefficient (Wildman–Crippen LogP) is 2.70. The number of carbonyl (C=O) groups excluding carboxylic acids is 3. The minimum atomic E-state index is -0.763. The van der Waals surface area contributed by atoms with Gasteiger partial charge >= 0.3 is 0 Å². The number of nitrogens with one attached hydrogen (secondary N) is 2. The van der Waals surface area contributed by atoms with Gasteiger partial charge in [-0.1, -0.05) is 52.3 Å². The molecule has 2 heterocycles. The van der Waals surface area contributed by atoms with Crippen molar-refractivity contribution < 1.29 is 19.5 Å². The summed E-state index contributed by atoms with van der Waals surface area (Å²) in [5.74, 6) is -0.840. The van der Waals surface area contributed by atoms with Crippen LogP contribution in [-0.4, -0.2) is 57.2 Å². The van der Waals surface area contributed by atoms with Crippen LogP contribution in [0.3, 0.4) is 0 Å². The highest BCUT2D eigenvalue weighted by atomic mass is 32.2. The third kappa shape index (κ3) is 4.39. The average molecular weight is 462 g/mol. The normalized spacial score (nSPS) is 24.0. The zero-order chi connectivity index (χ0) is 23.8. The molecule has 5 atom stereocenters. The summed E-state index contributed by atoms with van der Waals surface area (Å²) in [6.07, 6.45) is 0.816. The number of benzene rings is 1. The summed E-state index contributed by atoms with van der Waals surface area (Å²) in [6.45, 7) is 11.5. The van der Waals surface area contributed by atoms with Gasteiger partial charge in [-0.3, -0.25) is 14.4 Å². The van der Waals surface area contributed by atoms with Crippen molar-refractivity contribution in [1.29, 1.82) is 0 Å². The molecular formula is C24H35N3O4S. The Labute approximate surface area is 194 Å². The van der Waals surface area contributed by atoms with Crippen molar-refractivity contribution in [2.75, 3.05) is 6.61 Å². The number of aliphatic hydroxyl groups is 1. The first kappa shape index (κ1) is 24.6. The number of amides is 3. The summed E-state index contributed by atoms with van der Waals surface area (Å²) in [5.41, 5.74) is 1.57. The van der Waals surface area contributed by atoms with Crippen molar-refractivity contribution in [2.24, 2.45) is 11.8 Å². The van der Waals surface area contributed by atoms with Gasteiger partial charge in [0.05, 0.1) is 12.6 Å². The van der Waals surface area contributed by atoms with E-state index in [0.717, 1.165) is 12.0 Å². The number of nitrogens with zero attached hydrogens (tertiary/aromatic N) is 1. The van der Waals surface area contributed by atoms with Crippen LogP contribution >= 0.6 is 11.8 Å². The molecule has 1 fully saturated rings. The summed E-state index contributed by atoms with van der Waals surface area (Å²) >= 11 is 1.60. The van der Waals surface area contributed by atoms with Crippen LogP contribution in [-0.2, 0) is 9.59 Å². The smallest absolute Gasteiger partial charge is 0.256 e. The number of rotatable bonds is 8. The van der Waals surface area contributed by atoms with Crippen molar-refractivity contribution >= 4 is 29.5 Å². The molecule has 32 heavy (non-hydrogen) atoms. The van der Waals surface area contributed by atoms with E-state index in [1.54, 1.807) is 22.7 Å². The molecule has 0 bridgehead atoms. The maximum absolute atomic E-state index is 13.5. The zero-order valence-corrected chi connectivity index (χ0v) is 20.5. The van der Waals surface area contributed by atoms with Crippen LogP contribution in [0.4, 0.5) is 0 Å². The lowest BCUT2D eigenvalue weighted by Crippen LogP contribution is -2.59. The van der Waals surface area contributed by atoms with Crippen LogP contribution in [0.5, 0.6) is 0 Å². The highest BCUT2D eigenvalue weighted by Crippen LogP contribution is 2.56. The minimum Gasteiger partial charge on any atom is -0.394 e. The minimum absolute atomic E-state index is 0.110. The SMILES string of the molecule is CC[C@@H](C)[C@@H](CO)NC(=O)[C@@H](NC(=O)[C@H]1N2C(=O)c3ccccc3[C@H]2SC1(C)C)C(C)C. The molecule has 1 saturated heterocycles. The van der Waals surface area contributed by atoms with Gasteiger partial charge in [0.15, 0.2) is 0 Å². The fourth-order valence-electron chi connectivity index (χ4n) is 4.50. The second-order valence-corrected chi connectivity index (χ2v) is 11.4. The van der Waals surface area contributed by atoms with Crippen LogP contribution in [0.25, 0.3) is 0 Å². The van der Waals surface area contributed by atoms with Crippen molar-refractivity contribution in [2.45, 2.75) is 76.2 Å². The first-order valence-corrected chi connectivity index (χ1v) is 12.2. The third-order valence-corrected chi connectivity index (χ3v) is 8.18. The van der Waals surface area contributed by atoms with E-state index in [1.165, 1.54) is 0 Å². The lowest BCUT2D eigenvalue weighted by molar-refractivity contribution is -0.133. The van der Waals surface area contributed by atoms with Crippen molar-refractivity contribution in [3.05, 3.63) is 35.4 Å². The molecule has 2 aliphatic heterocycles. The van der Waals surface area contributed by atoms with Gasteiger partial charge in [0.1, 0.15) is 17.5 Å². The number of thioether (sulfide) groups is 1. The molecule has 7 nitrogen and oxygen atoms in total. The molecule has 0 saturated carbocycles. The standard InChI is InChI=1S/C24H35N3O4S/c1-7-14(4)17(12-28)25-20(29)18(13(2)3)26-21(30)19-24(5,6)32-23-16-11-9-8-10-15(16)22(31)27(19)23/h8-11,13-14,17-19,23,28H,7,12H2,1-6H3,(H,25,29)(H,26,30)/t14-,17-,18+,19-,23-/m1/s1. The van der Waals surface area contributed by atoms with Gasteiger partial charge in [0.2, 0.25) is 11.8 Å². The molecule has 1 aromatic carbocycles. The Hall–Kier alpha value is -2.06. The van der Waals surface area contributed by atoms with E-state index in [0.29, 0.717) is 5.56 Å². The maximum Gasteiger partial charge on any atom is 0.256 e.